The van der Waals surface area contributed by atoms with Crippen molar-refractivity contribution in [1.29, 1.82) is 0 Å². The van der Waals surface area contributed by atoms with E-state index in [0.29, 0.717) is 23.6 Å². The Morgan fingerprint density at radius 2 is 1.45 bits per heavy atom. The molecule has 0 bridgehead atoms. The Kier molecular flexibility index (Phi) is 8.90. The molecule has 0 spiro atoms. The highest BCUT2D eigenvalue weighted by molar-refractivity contribution is 5.90. The molecule has 2 fully saturated rings. The van der Waals surface area contributed by atoms with Gasteiger partial charge in [0.15, 0.2) is 23.1 Å². The third-order valence-corrected chi connectivity index (χ3v) is 10.4. The molecule has 51 heavy (non-hydrogen) atoms. The number of rotatable bonds is 8. The lowest BCUT2D eigenvalue weighted by atomic mass is 9.77. The van der Waals surface area contributed by atoms with Gasteiger partial charge in [-0.1, -0.05) is 91.0 Å². The number of fused-ring (bicyclic) bond motifs is 1. The highest BCUT2D eigenvalue weighted by Crippen LogP contribution is 2.43. The van der Waals surface area contributed by atoms with E-state index >= 15 is 4.39 Å². The van der Waals surface area contributed by atoms with Crippen LogP contribution in [0.2, 0.25) is 0 Å². The summed E-state index contributed by atoms with van der Waals surface area (Å²) < 4.78 is 17.4. The normalized spacial score (nSPS) is 19.3. The van der Waals surface area contributed by atoms with Crippen LogP contribution in [-0.2, 0) is 5.54 Å². The van der Waals surface area contributed by atoms with E-state index in [0.717, 1.165) is 60.7 Å². The predicted octanol–water partition coefficient (Wildman–Crippen LogP) is 7.78. The number of nitrogens with one attached hydrogen (secondary N) is 2. The summed E-state index contributed by atoms with van der Waals surface area (Å²) in [6.45, 7) is 2.89. The Bertz CT molecular complexity index is 2030. The molecule has 258 valence electrons. The molecule has 2 aliphatic rings. The summed E-state index contributed by atoms with van der Waals surface area (Å²) in [7, 11) is 0. The molecule has 3 atom stereocenters. The SMILES string of the molecule is C[C@H]1CCCN1C(=O)N[C@@H]1CCC[C@H](Nc2nc(-c3nn(C(c4ccccc4)(c4ccccc4)c4ccccc4)c4ncccc34)ncc2F)C1. The van der Waals surface area contributed by atoms with Gasteiger partial charge in [0.2, 0.25) is 0 Å². The summed E-state index contributed by atoms with van der Waals surface area (Å²) in [5.74, 6) is -0.121. The fourth-order valence-electron chi connectivity index (χ4n) is 7.98. The molecule has 8 rings (SSSR count). The lowest BCUT2D eigenvalue weighted by molar-refractivity contribution is 0.187. The monoisotopic (exact) mass is 680 g/mol. The Hall–Kier alpha value is -5.64. The number of carbonyl (C=O) groups excluding carboxylic acids is 1. The number of carbonyl (C=O) groups is 1. The second-order valence-corrected chi connectivity index (χ2v) is 13.7. The van der Waals surface area contributed by atoms with Crippen LogP contribution in [0.3, 0.4) is 0 Å². The van der Waals surface area contributed by atoms with Crippen molar-refractivity contribution < 1.29 is 9.18 Å². The van der Waals surface area contributed by atoms with E-state index in [9.17, 15) is 4.79 Å². The van der Waals surface area contributed by atoms with Gasteiger partial charge in [-0.3, -0.25) is 0 Å². The lowest BCUT2D eigenvalue weighted by Gasteiger charge is -2.36. The van der Waals surface area contributed by atoms with Crippen LogP contribution in [0.1, 0.15) is 62.1 Å². The molecule has 1 aliphatic heterocycles. The first-order valence-electron chi connectivity index (χ1n) is 17.9. The summed E-state index contributed by atoms with van der Waals surface area (Å²) in [5.41, 5.74) is 3.24. The Labute approximate surface area is 297 Å². The number of nitrogens with zero attached hydrogens (tertiary/aromatic N) is 6. The molecule has 1 aliphatic carbocycles. The molecule has 1 saturated heterocycles. The summed E-state index contributed by atoms with van der Waals surface area (Å²) >= 11 is 0. The third-order valence-electron chi connectivity index (χ3n) is 10.4. The van der Waals surface area contributed by atoms with Crippen molar-refractivity contribution in [1.82, 2.24) is 34.9 Å². The van der Waals surface area contributed by atoms with Gasteiger partial charge in [-0.05, 0) is 74.3 Å². The Morgan fingerprint density at radius 1 is 0.804 bits per heavy atom. The first kappa shape index (κ1) is 32.6. The number of urea groups is 1. The second kappa shape index (κ2) is 13.9. The maximum absolute atomic E-state index is 15.5. The largest absolute Gasteiger partial charge is 0.365 e. The maximum Gasteiger partial charge on any atom is 0.317 e. The summed E-state index contributed by atoms with van der Waals surface area (Å²) in [4.78, 5) is 29.0. The third kappa shape index (κ3) is 6.09. The van der Waals surface area contributed by atoms with Crippen LogP contribution in [0, 0.1) is 5.82 Å². The summed E-state index contributed by atoms with van der Waals surface area (Å²) in [6, 6.07) is 34.9. The number of hydrogen-bond donors (Lipinski definition) is 2. The number of halogens is 1. The van der Waals surface area contributed by atoms with Crippen LogP contribution >= 0.6 is 0 Å². The second-order valence-electron chi connectivity index (χ2n) is 13.7. The quantitative estimate of drug-likeness (QED) is 0.159. The topological polar surface area (TPSA) is 101 Å². The van der Waals surface area contributed by atoms with Crippen molar-refractivity contribution in [3.8, 4) is 11.5 Å². The number of aromatic nitrogens is 5. The van der Waals surface area contributed by atoms with Crippen molar-refractivity contribution in [2.45, 2.75) is 69.1 Å². The zero-order valence-corrected chi connectivity index (χ0v) is 28.6. The van der Waals surface area contributed by atoms with Gasteiger partial charge >= 0.3 is 6.03 Å². The van der Waals surface area contributed by atoms with Crippen LogP contribution in [-0.4, -0.2) is 60.3 Å². The van der Waals surface area contributed by atoms with Gasteiger partial charge in [0.1, 0.15) is 11.2 Å². The van der Waals surface area contributed by atoms with Crippen molar-refractivity contribution in [2.75, 3.05) is 11.9 Å². The number of pyridine rings is 1. The van der Waals surface area contributed by atoms with Crippen molar-refractivity contribution >= 4 is 22.9 Å². The highest BCUT2D eigenvalue weighted by Gasteiger charge is 2.41. The van der Waals surface area contributed by atoms with E-state index in [1.54, 1.807) is 6.20 Å². The first-order valence-corrected chi connectivity index (χ1v) is 17.9. The minimum atomic E-state index is -0.913. The van der Waals surface area contributed by atoms with Crippen molar-refractivity contribution in [2.24, 2.45) is 0 Å². The van der Waals surface area contributed by atoms with Crippen LogP contribution in [0.4, 0.5) is 15.0 Å². The van der Waals surface area contributed by atoms with E-state index in [-0.39, 0.29) is 30.0 Å². The number of anilines is 1. The number of benzene rings is 3. The van der Waals surface area contributed by atoms with Gasteiger partial charge in [-0.25, -0.2) is 28.8 Å². The standard InChI is InChI=1S/C41H41FN8O/c1-28-14-13-25-49(28)40(51)46-33-22-11-21-32(26-33)45-37-35(42)27-44-38(47-37)36-34-23-12-24-43-39(34)50(48-36)41(29-15-5-2-6-16-29,30-17-7-3-8-18-30)31-19-9-4-10-20-31/h2-10,12,15-20,23-24,27-28,32-33H,11,13-14,21-22,25-26H2,1H3,(H,46,51)(H,44,45,47)/t28-,32-,33+/m0/s1. The number of hydrogen-bond acceptors (Lipinski definition) is 6. The first-order chi connectivity index (χ1) is 25.0. The van der Waals surface area contributed by atoms with Gasteiger partial charge < -0.3 is 15.5 Å². The van der Waals surface area contributed by atoms with Gasteiger partial charge in [-0.2, -0.15) is 5.10 Å². The van der Waals surface area contributed by atoms with Crippen LogP contribution in [0.25, 0.3) is 22.6 Å². The molecular weight excluding hydrogens is 640 g/mol. The molecule has 0 radical (unpaired) electrons. The van der Waals surface area contributed by atoms with Crippen LogP contribution < -0.4 is 10.6 Å². The molecule has 3 aromatic carbocycles. The van der Waals surface area contributed by atoms with Crippen LogP contribution in [0.5, 0.6) is 0 Å². The Morgan fingerprint density at radius 3 is 2.08 bits per heavy atom. The van der Waals surface area contributed by atoms with Gasteiger partial charge in [-0.15, -0.1) is 0 Å². The molecule has 3 aromatic heterocycles. The van der Waals surface area contributed by atoms with Gasteiger partial charge in [0, 0.05) is 30.9 Å². The summed E-state index contributed by atoms with van der Waals surface area (Å²) in [6.07, 6.45) is 8.38. The molecule has 10 heteroatoms. The molecular formula is C41H41FN8O. The smallest absolute Gasteiger partial charge is 0.317 e. The van der Waals surface area contributed by atoms with Crippen molar-refractivity contribution in [3.05, 3.63) is 138 Å². The minimum Gasteiger partial charge on any atom is -0.365 e. The molecule has 2 N–H and O–H groups in total. The molecule has 1 saturated carbocycles. The summed E-state index contributed by atoms with van der Waals surface area (Å²) in [5, 5.41) is 12.6. The highest BCUT2D eigenvalue weighted by atomic mass is 19.1. The fraction of sp³-hybridized carbons (Fsp3) is 0.293. The molecule has 9 nitrogen and oxygen atoms in total. The van der Waals surface area contributed by atoms with Crippen LogP contribution in [0.15, 0.2) is 116 Å². The molecule has 0 unspecified atom stereocenters. The van der Waals surface area contributed by atoms with Crippen molar-refractivity contribution in [3.63, 3.8) is 0 Å². The van der Waals surface area contributed by atoms with Gasteiger partial charge in [0.05, 0.1) is 11.6 Å². The van der Waals surface area contributed by atoms with E-state index in [1.807, 2.05) is 76.3 Å². The molecule has 6 aromatic rings. The maximum atomic E-state index is 15.5. The average Bonchev–Trinajstić information content (AvgIpc) is 3.79. The average molecular weight is 681 g/mol. The fourth-order valence-corrected chi connectivity index (χ4v) is 7.98. The molecule has 4 heterocycles. The van der Waals surface area contributed by atoms with E-state index < -0.39 is 11.4 Å². The lowest BCUT2D eigenvalue weighted by Crippen LogP contribution is -2.48. The van der Waals surface area contributed by atoms with E-state index in [2.05, 4.69) is 58.9 Å². The molecule has 2 amide bonds. The van der Waals surface area contributed by atoms with E-state index in [1.165, 1.54) is 6.20 Å². The number of likely N-dealkylation sites (tertiary alicyclic amines) is 1. The zero-order valence-electron chi connectivity index (χ0n) is 28.6. The zero-order chi connectivity index (χ0) is 34.8. The van der Waals surface area contributed by atoms with Gasteiger partial charge in [0.25, 0.3) is 0 Å². The van der Waals surface area contributed by atoms with E-state index in [4.69, 9.17) is 15.1 Å². The Balaban J connectivity index is 1.19. The number of amides is 2. The minimum absolute atomic E-state index is 0.00480. The predicted molar refractivity (Wildman–Crippen MR) is 197 cm³/mol.